The first-order chi connectivity index (χ1) is 6.92. The molecule has 2 aliphatic rings. The monoisotopic (exact) mass is 186 g/mol. The number of nitrogens with one attached hydrogen (secondary N) is 1. The van der Waals surface area contributed by atoms with Crippen LogP contribution in [0.15, 0.2) is 36.7 Å². The molecule has 2 nitrogen and oxygen atoms in total. The number of aromatic nitrogens is 1. The van der Waals surface area contributed by atoms with Crippen LogP contribution in [0.3, 0.4) is 0 Å². The molecule has 0 spiro atoms. The Labute approximate surface area is 84.1 Å². The van der Waals surface area contributed by atoms with Gasteiger partial charge in [-0.15, -0.1) is 0 Å². The molecule has 2 aliphatic heterocycles. The van der Waals surface area contributed by atoms with Crippen molar-refractivity contribution in [2.75, 3.05) is 0 Å². The molecule has 0 radical (unpaired) electrons. The van der Waals surface area contributed by atoms with Crippen LogP contribution in [0, 0.1) is 0 Å². The minimum absolute atomic E-state index is 0.596. The second kappa shape index (κ2) is 3.21. The average Bonchev–Trinajstić information content (AvgIpc) is 2.59. The number of hydrogen-bond acceptors (Lipinski definition) is 2. The third-order valence-corrected chi connectivity index (χ3v) is 3.24. The summed E-state index contributed by atoms with van der Waals surface area (Å²) in [5.74, 6) is 0.690. The van der Waals surface area contributed by atoms with Gasteiger partial charge < -0.3 is 5.32 Å². The number of rotatable bonds is 1. The fourth-order valence-corrected chi connectivity index (χ4v) is 2.55. The van der Waals surface area contributed by atoms with Crippen molar-refractivity contribution < 1.29 is 0 Å². The quantitative estimate of drug-likeness (QED) is 0.677. The molecule has 2 heteroatoms. The van der Waals surface area contributed by atoms with E-state index in [9.17, 15) is 0 Å². The van der Waals surface area contributed by atoms with Crippen LogP contribution >= 0.6 is 0 Å². The van der Waals surface area contributed by atoms with Crippen molar-refractivity contribution >= 4 is 0 Å². The van der Waals surface area contributed by atoms with Crippen molar-refractivity contribution in [3.05, 3.63) is 42.2 Å². The summed E-state index contributed by atoms with van der Waals surface area (Å²) in [7, 11) is 0. The molecule has 2 bridgehead atoms. The van der Waals surface area contributed by atoms with E-state index in [0.29, 0.717) is 18.0 Å². The van der Waals surface area contributed by atoms with E-state index in [1.807, 2.05) is 18.5 Å². The second-order valence-electron chi connectivity index (χ2n) is 4.22. The first kappa shape index (κ1) is 8.18. The largest absolute Gasteiger partial charge is 0.304 e. The first-order valence-corrected chi connectivity index (χ1v) is 5.26. The third kappa shape index (κ3) is 1.36. The van der Waals surface area contributed by atoms with Crippen LogP contribution in [-0.4, -0.2) is 17.1 Å². The molecule has 2 unspecified atom stereocenters. The van der Waals surface area contributed by atoms with E-state index in [-0.39, 0.29) is 0 Å². The maximum absolute atomic E-state index is 4.19. The Kier molecular flexibility index (Phi) is 1.88. The van der Waals surface area contributed by atoms with Gasteiger partial charge in [-0.2, -0.15) is 0 Å². The molecule has 1 aromatic heterocycles. The molecule has 1 aromatic rings. The third-order valence-electron chi connectivity index (χ3n) is 3.24. The molecule has 0 aromatic carbocycles. The van der Waals surface area contributed by atoms with Crippen molar-refractivity contribution in [3.63, 3.8) is 0 Å². The van der Waals surface area contributed by atoms with Crippen LogP contribution in [0.2, 0.25) is 0 Å². The number of hydrogen-bond donors (Lipinski definition) is 1. The maximum Gasteiger partial charge on any atom is 0.0302 e. The van der Waals surface area contributed by atoms with Gasteiger partial charge in [-0.3, -0.25) is 4.98 Å². The van der Waals surface area contributed by atoms with Crippen LogP contribution < -0.4 is 5.32 Å². The van der Waals surface area contributed by atoms with E-state index >= 15 is 0 Å². The highest BCUT2D eigenvalue weighted by Crippen LogP contribution is 2.33. The van der Waals surface area contributed by atoms with E-state index in [4.69, 9.17) is 0 Å². The van der Waals surface area contributed by atoms with Gasteiger partial charge in [-0.05, 0) is 30.4 Å². The normalized spacial score (nSPS) is 34.7. The van der Waals surface area contributed by atoms with E-state index in [1.165, 1.54) is 18.4 Å². The summed E-state index contributed by atoms with van der Waals surface area (Å²) in [5.41, 5.74) is 1.40. The van der Waals surface area contributed by atoms with Crippen LogP contribution in [-0.2, 0) is 0 Å². The zero-order valence-electron chi connectivity index (χ0n) is 8.06. The van der Waals surface area contributed by atoms with Crippen molar-refractivity contribution in [2.24, 2.45) is 0 Å². The Bertz CT molecular complexity index is 331. The lowest BCUT2D eigenvalue weighted by molar-refractivity contribution is 0.381. The molecule has 1 N–H and O–H groups in total. The summed E-state index contributed by atoms with van der Waals surface area (Å²) in [6, 6.07) is 5.42. The first-order valence-electron chi connectivity index (χ1n) is 5.26. The molecule has 0 saturated carbocycles. The van der Waals surface area contributed by atoms with E-state index in [2.05, 4.69) is 28.5 Å². The summed E-state index contributed by atoms with van der Waals surface area (Å²) < 4.78 is 0. The SMILES string of the molecule is C1=CC2CC(c3cccnc3)CC1N2. The van der Waals surface area contributed by atoms with Gasteiger partial charge in [0.2, 0.25) is 0 Å². The van der Waals surface area contributed by atoms with Gasteiger partial charge >= 0.3 is 0 Å². The van der Waals surface area contributed by atoms with Gasteiger partial charge in [0.15, 0.2) is 0 Å². The number of fused-ring (bicyclic) bond motifs is 2. The Morgan fingerprint density at radius 2 is 2.00 bits per heavy atom. The average molecular weight is 186 g/mol. The van der Waals surface area contributed by atoms with Crippen LogP contribution in [0.5, 0.6) is 0 Å². The van der Waals surface area contributed by atoms with Gasteiger partial charge in [0, 0.05) is 24.5 Å². The van der Waals surface area contributed by atoms with Gasteiger partial charge in [-0.1, -0.05) is 18.2 Å². The maximum atomic E-state index is 4.19. The van der Waals surface area contributed by atoms with Crippen molar-refractivity contribution in [3.8, 4) is 0 Å². The molecule has 72 valence electrons. The minimum atomic E-state index is 0.596. The smallest absolute Gasteiger partial charge is 0.0302 e. The van der Waals surface area contributed by atoms with Gasteiger partial charge in [0.05, 0.1) is 0 Å². The van der Waals surface area contributed by atoms with E-state index in [0.717, 1.165) is 0 Å². The Morgan fingerprint density at radius 3 is 2.64 bits per heavy atom. The zero-order valence-corrected chi connectivity index (χ0v) is 8.06. The highest BCUT2D eigenvalue weighted by atomic mass is 15.0. The van der Waals surface area contributed by atoms with Crippen molar-refractivity contribution in [2.45, 2.75) is 30.8 Å². The Hall–Kier alpha value is -1.15. The molecular weight excluding hydrogens is 172 g/mol. The molecule has 0 aliphatic carbocycles. The lowest BCUT2D eigenvalue weighted by atomic mass is 9.87. The molecule has 2 atom stereocenters. The number of piperidine rings is 1. The molecule has 0 amide bonds. The zero-order chi connectivity index (χ0) is 9.38. The predicted octanol–water partition coefficient (Wildman–Crippen LogP) is 1.86. The summed E-state index contributed by atoms with van der Waals surface area (Å²) in [5, 5.41) is 3.56. The molecule has 3 heterocycles. The number of pyridine rings is 1. The highest BCUT2D eigenvalue weighted by molar-refractivity contribution is 5.22. The van der Waals surface area contributed by atoms with E-state index < -0.39 is 0 Å². The molecule has 3 rings (SSSR count). The van der Waals surface area contributed by atoms with E-state index in [1.54, 1.807) is 0 Å². The van der Waals surface area contributed by atoms with Gasteiger partial charge in [-0.25, -0.2) is 0 Å². The molecule has 1 saturated heterocycles. The predicted molar refractivity (Wildman–Crippen MR) is 56.1 cm³/mol. The molecule has 1 fully saturated rings. The van der Waals surface area contributed by atoms with Crippen molar-refractivity contribution in [1.82, 2.24) is 10.3 Å². The number of nitrogens with zero attached hydrogens (tertiary/aromatic N) is 1. The summed E-state index contributed by atoms with van der Waals surface area (Å²) in [6.07, 6.45) is 10.9. The van der Waals surface area contributed by atoms with Gasteiger partial charge in [0.25, 0.3) is 0 Å². The van der Waals surface area contributed by atoms with Crippen LogP contribution in [0.4, 0.5) is 0 Å². The summed E-state index contributed by atoms with van der Waals surface area (Å²) in [4.78, 5) is 4.19. The van der Waals surface area contributed by atoms with Crippen LogP contribution in [0.25, 0.3) is 0 Å². The Balaban J connectivity index is 1.82. The topological polar surface area (TPSA) is 24.9 Å². The van der Waals surface area contributed by atoms with Gasteiger partial charge in [0.1, 0.15) is 0 Å². The second-order valence-corrected chi connectivity index (χ2v) is 4.22. The molecule has 14 heavy (non-hydrogen) atoms. The fraction of sp³-hybridized carbons (Fsp3) is 0.417. The molecular formula is C12H14N2. The Morgan fingerprint density at radius 1 is 1.21 bits per heavy atom. The van der Waals surface area contributed by atoms with Crippen molar-refractivity contribution in [1.29, 1.82) is 0 Å². The van der Waals surface area contributed by atoms with Crippen LogP contribution in [0.1, 0.15) is 24.3 Å². The summed E-state index contributed by atoms with van der Waals surface area (Å²) in [6.45, 7) is 0. The lowest BCUT2D eigenvalue weighted by Crippen LogP contribution is -2.38. The fourth-order valence-electron chi connectivity index (χ4n) is 2.55. The minimum Gasteiger partial charge on any atom is -0.304 e. The lowest BCUT2D eigenvalue weighted by Gasteiger charge is -2.29. The standard InChI is InChI=1S/C12H14N2/c1-2-9(8-13-5-1)10-6-11-3-4-12(7-10)14-11/h1-5,8,10-12,14H,6-7H2. The highest BCUT2D eigenvalue weighted by Gasteiger charge is 2.30. The summed E-state index contributed by atoms with van der Waals surface area (Å²) >= 11 is 0.